The van der Waals surface area contributed by atoms with E-state index in [1.54, 1.807) is 20.3 Å². The maximum atomic E-state index is 5.36. The van der Waals surface area contributed by atoms with Crippen LogP contribution in [0.3, 0.4) is 0 Å². The first kappa shape index (κ1) is 14.4. The molecule has 1 rings (SSSR count). The standard InChI is InChI=1S/C16H22O2/c1-7-8-12(4)14-10-16(18-6)15(17-5)9-13(14)11(2)3/h7-11H,1H2,2-6H3/b12-8-. The van der Waals surface area contributed by atoms with Crippen molar-refractivity contribution in [3.8, 4) is 11.5 Å². The monoisotopic (exact) mass is 246 g/mol. The van der Waals surface area contributed by atoms with Crippen LogP contribution in [-0.4, -0.2) is 14.2 Å². The van der Waals surface area contributed by atoms with E-state index in [9.17, 15) is 0 Å². The predicted molar refractivity (Wildman–Crippen MR) is 77.5 cm³/mol. The van der Waals surface area contributed by atoms with Crippen molar-refractivity contribution in [1.29, 1.82) is 0 Å². The Labute approximate surface area is 110 Å². The van der Waals surface area contributed by atoms with Crippen LogP contribution in [0.2, 0.25) is 0 Å². The highest BCUT2D eigenvalue weighted by molar-refractivity contribution is 5.71. The lowest BCUT2D eigenvalue weighted by molar-refractivity contribution is 0.354. The van der Waals surface area contributed by atoms with E-state index >= 15 is 0 Å². The predicted octanol–water partition coefficient (Wildman–Crippen LogP) is 4.42. The number of ether oxygens (including phenoxy) is 2. The molecule has 0 N–H and O–H groups in total. The lowest BCUT2D eigenvalue weighted by Crippen LogP contribution is -1.99. The quantitative estimate of drug-likeness (QED) is 0.716. The van der Waals surface area contributed by atoms with Crippen LogP contribution in [0.5, 0.6) is 11.5 Å². The van der Waals surface area contributed by atoms with Crippen LogP contribution in [-0.2, 0) is 0 Å². The molecule has 18 heavy (non-hydrogen) atoms. The van der Waals surface area contributed by atoms with Gasteiger partial charge in [0.1, 0.15) is 0 Å². The van der Waals surface area contributed by atoms with Crippen molar-refractivity contribution < 1.29 is 9.47 Å². The van der Waals surface area contributed by atoms with Crippen LogP contribution in [0, 0.1) is 0 Å². The minimum atomic E-state index is 0.424. The summed E-state index contributed by atoms with van der Waals surface area (Å²) >= 11 is 0. The second-order valence-electron chi connectivity index (χ2n) is 4.53. The third-order valence-corrected chi connectivity index (χ3v) is 2.97. The lowest BCUT2D eigenvalue weighted by Gasteiger charge is -2.17. The highest BCUT2D eigenvalue weighted by Gasteiger charge is 2.14. The van der Waals surface area contributed by atoms with E-state index in [0.29, 0.717) is 5.92 Å². The molecule has 0 aromatic heterocycles. The van der Waals surface area contributed by atoms with Gasteiger partial charge >= 0.3 is 0 Å². The zero-order chi connectivity index (χ0) is 13.7. The second-order valence-corrected chi connectivity index (χ2v) is 4.53. The number of rotatable bonds is 5. The highest BCUT2D eigenvalue weighted by Crippen LogP contribution is 2.36. The molecule has 0 radical (unpaired) electrons. The van der Waals surface area contributed by atoms with Crippen LogP contribution >= 0.6 is 0 Å². The zero-order valence-corrected chi connectivity index (χ0v) is 11.9. The summed E-state index contributed by atoms with van der Waals surface area (Å²) in [6, 6.07) is 4.09. The van der Waals surface area contributed by atoms with Gasteiger partial charge in [-0.05, 0) is 41.7 Å². The Morgan fingerprint density at radius 1 is 1.17 bits per heavy atom. The van der Waals surface area contributed by atoms with Crippen molar-refractivity contribution in [1.82, 2.24) is 0 Å². The molecule has 0 heterocycles. The molecule has 0 saturated carbocycles. The lowest BCUT2D eigenvalue weighted by atomic mass is 9.92. The Bertz CT molecular complexity index is 456. The third-order valence-electron chi connectivity index (χ3n) is 2.97. The molecule has 98 valence electrons. The number of benzene rings is 1. The highest BCUT2D eigenvalue weighted by atomic mass is 16.5. The third kappa shape index (κ3) is 2.95. The summed E-state index contributed by atoms with van der Waals surface area (Å²) in [4.78, 5) is 0. The van der Waals surface area contributed by atoms with Gasteiger partial charge in [-0.15, -0.1) is 0 Å². The number of allylic oxidation sites excluding steroid dienone is 3. The molecule has 0 spiro atoms. The molecule has 0 amide bonds. The molecule has 0 fully saturated rings. The first-order valence-corrected chi connectivity index (χ1v) is 6.10. The fourth-order valence-electron chi connectivity index (χ4n) is 1.98. The van der Waals surface area contributed by atoms with Crippen LogP contribution < -0.4 is 9.47 Å². The molecule has 2 heteroatoms. The van der Waals surface area contributed by atoms with Gasteiger partial charge in [0, 0.05) is 0 Å². The summed E-state index contributed by atoms with van der Waals surface area (Å²) in [5.41, 5.74) is 3.61. The van der Waals surface area contributed by atoms with E-state index in [-0.39, 0.29) is 0 Å². The van der Waals surface area contributed by atoms with Crippen molar-refractivity contribution in [3.63, 3.8) is 0 Å². The Hall–Kier alpha value is -1.70. The molecule has 0 saturated heterocycles. The Kier molecular flexibility index (Phi) is 5.02. The molecule has 0 unspecified atom stereocenters. The van der Waals surface area contributed by atoms with Crippen LogP contribution in [0.25, 0.3) is 5.57 Å². The van der Waals surface area contributed by atoms with Crippen molar-refractivity contribution in [2.45, 2.75) is 26.7 Å². The Morgan fingerprint density at radius 2 is 1.72 bits per heavy atom. The van der Waals surface area contributed by atoms with Gasteiger partial charge in [-0.3, -0.25) is 0 Å². The van der Waals surface area contributed by atoms with Gasteiger partial charge in [0.25, 0.3) is 0 Å². The average Bonchev–Trinajstić information content (AvgIpc) is 2.37. The molecule has 1 aromatic carbocycles. The van der Waals surface area contributed by atoms with E-state index in [0.717, 1.165) is 11.5 Å². The van der Waals surface area contributed by atoms with E-state index < -0.39 is 0 Å². The molecule has 0 aliphatic heterocycles. The van der Waals surface area contributed by atoms with Gasteiger partial charge in [-0.25, -0.2) is 0 Å². The van der Waals surface area contributed by atoms with E-state index in [1.165, 1.54) is 16.7 Å². The number of hydrogen-bond donors (Lipinski definition) is 0. The summed E-state index contributed by atoms with van der Waals surface area (Å²) in [6.45, 7) is 10.2. The van der Waals surface area contributed by atoms with Crippen LogP contribution in [0.4, 0.5) is 0 Å². The van der Waals surface area contributed by atoms with Gasteiger partial charge in [0.05, 0.1) is 14.2 Å². The molecule has 1 aromatic rings. The van der Waals surface area contributed by atoms with E-state index in [2.05, 4.69) is 33.4 Å². The normalized spacial score (nSPS) is 11.6. The molecule has 0 bridgehead atoms. The molecular weight excluding hydrogens is 224 g/mol. The molecule has 0 atom stereocenters. The number of hydrogen-bond acceptors (Lipinski definition) is 2. The summed E-state index contributed by atoms with van der Waals surface area (Å²) < 4.78 is 10.7. The molecule has 0 aliphatic carbocycles. The van der Waals surface area contributed by atoms with Crippen molar-refractivity contribution >= 4 is 5.57 Å². The zero-order valence-electron chi connectivity index (χ0n) is 11.9. The smallest absolute Gasteiger partial charge is 0.161 e. The maximum Gasteiger partial charge on any atom is 0.161 e. The van der Waals surface area contributed by atoms with E-state index in [1.807, 2.05) is 12.1 Å². The van der Waals surface area contributed by atoms with E-state index in [4.69, 9.17) is 9.47 Å². The maximum absolute atomic E-state index is 5.36. The first-order valence-electron chi connectivity index (χ1n) is 6.10. The SMILES string of the molecule is C=C/C=C(/C)c1cc(OC)c(OC)cc1C(C)C. The minimum Gasteiger partial charge on any atom is -0.493 e. The van der Waals surface area contributed by atoms with Crippen LogP contribution in [0.1, 0.15) is 37.8 Å². The van der Waals surface area contributed by atoms with Gasteiger partial charge in [-0.1, -0.05) is 32.6 Å². The molecular formula is C16H22O2. The topological polar surface area (TPSA) is 18.5 Å². The molecule has 2 nitrogen and oxygen atoms in total. The summed E-state index contributed by atoms with van der Waals surface area (Å²) in [5.74, 6) is 1.96. The number of methoxy groups -OCH3 is 2. The van der Waals surface area contributed by atoms with Crippen LogP contribution in [0.15, 0.2) is 30.9 Å². The fraction of sp³-hybridized carbons (Fsp3) is 0.375. The first-order chi connectivity index (χ1) is 8.54. The minimum absolute atomic E-state index is 0.424. The van der Waals surface area contributed by atoms with Crippen molar-refractivity contribution in [2.75, 3.05) is 14.2 Å². The van der Waals surface area contributed by atoms with Crippen molar-refractivity contribution in [3.05, 3.63) is 42.0 Å². The largest absolute Gasteiger partial charge is 0.493 e. The summed E-state index contributed by atoms with van der Waals surface area (Å²) in [5, 5.41) is 0. The van der Waals surface area contributed by atoms with Gasteiger partial charge < -0.3 is 9.47 Å². The van der Waals surface area contributed by atoms with Gasteiger partial charge in [0.15, 0.2) is 11.5 Å². The average molecular weight is 246 g/mol. The fourth-order valence-corrected chi connectivity index (χ4v) is 1.98. The Balaban J connectivity index is 3.47. The second kappa shape index (κ2) is 6.29. The Morgan fingerprint density at radius 3 is 2.17 bits per heavy atom. The summed E-state index contributed by atoms with van der Waals surface area (Å²) in [7, 11) is 3.32. The van der Waals surface area contributed by atoms with Gasteiger partial charge in [0.2, 0.25) is 0 Å². The van der Waals surface area contributed by atoms with Crippen molar-refractivity contribution in [2.24, 2.45) is 0 Å². The summed E-state index contributed by atoms with van der Waals surface area (Å²) in [6.07, 6.45) is 3.81. The molecule has 0 aliphatic rings. The van der Waals surface area contributed by atoms with Gasteiger partial charge in [-0.2, -0.15) is 0 Å².